The molecule has 0 bridgehead atoms. The average Bonchev–Trinajstić information content (AvgIpc) is 3.22. The van der Waals surface area contributed by atoms with E-state index < -0.39 is 0 Å². The van der Waals surface area contributed by atoms with Gasteiger partial charge in [-0.1, -0.05) is 11.8 Å². The van der Waals surface area contributed by atoms with Gasteiger partial charge in [0, 0.05) is 29.3 Å². The Labute approximate surface area is 183 Å². The van der Waals surface area contributed by atoms with Crippen molar-refractivity contribution in [2.24, 2.45) is 0 Å². The quantitative estimate of drug-likeness (QED) is 0.437. The number of nitrogens with one attached hydrogen (secondary N) is 1. The molecule has 0 atom stereocenters. The summed E-state index contributed by atoms with van der Waals surface area (Å²) in [5, 5.41) is 13.2. The summed E-state index contributed by atoms with van der Waals surface area (Å²) < 4.78 is 17.8. The van der Waals surface area contributed by atoms with E-state index in [1.54, 1.807) is 39.5 Å². The third-order valence-electron chi connectivity index (χ3n) is 4.80. The van der Waals surface area contributed by atoms with Crippen molar-refractivity contribution < 1.29 is 19.0 Å². The number of ether oxygens (including phenoxy) is 3. The van der Waals surface area contributed by atoms with Gasteiger partial charge in [-0.05, 0) is 36.8 Å². The molecular weight excluding hydrogens is 416 g/mol. The number of anilines is 1. The number of pyridine rings is 1. The lowest BCUT2D eigenvalue weighted by atomic mass is 10.1. The zero-order valence-corrected chi connectivity index (χ0v) is 18.4. The number of benzene rings is 2. The minimum atomic E-state index is -0.171. The molecule has 0 aliphatic rings. The van der Waals surface area contributed by atoms with Crippen molar-refractivity contribution >= 4 is 39.9 Å². The van der Waals surface area contributed by atoms with E-state index in [1.807, 2.05) is 29.5 Å². The van der Waals surface area contributed by atoms with Crippen molar-refractivity contribution in [3.05, 3.63) is 48.0 Å². The largest absolute Gasteiger partial charge is 0.497 e. The lowest BCUT2D eigenvalue weighted by Crippen LogP contribution is -2.14. The van der Waals surface area contributed by atoms with Crippen LogP contribution < -0.4 is 19.5 Å². The van der Waals surface area contributed by atoms with Gasteiger partial charge in [0.2, 0.25) is 5.91 Å². The first kappa shape index (κ1) is 20.8. The second-order valence-electron chi connectivity index (χ2n) is 6.83. The zero-order chi connectivity index (χ0) is 22.0. The molecule has 31 heavy (non-hydrogen) atoms. The minimum Gasteiger partial charge on any atom is -0.497 e. The molecule has 0 unspecified atom stereocenters. The SMILES string of the molecule is COc1cc(NC(=O)CSc2nnc3c(C)cc4cc(OC)ccc4n23)cc(OC)c1. The summed E-state index contributed by atoms with van der Waals surface area (Å²) in [6.45, 7) is 1.99. The number of aryl methyl sites for hydroxylation is 1. The summed E-state index contributed by atoms with van der Waals surface area (Å²) in [5.41, 5.74) is 3.30. The molecule has 2 aromatic carbocycles. The predicted octanol–water partition coefficient (Wildman–Crippen LogP) is 3.95. The second-order valence-corrected chi connectivity index (χ2v) is 7.77. The van der Waals surface area contributed by atoms with E-state index in [4.69, 9.17) is 14.2 Å². The van der Waals surface area contributed by atoms with Crippen LogP contribution in [0.5, 0.6) is 17.2 Å². The number of amides is 1. The van der Waals surface area contributed by atoms with E-state index in [9.17, 15) is 4.79 Å². The van der Waals surface area contributed by atoms with Crippen LogP contribution >= 0.6 is 11.8 Å². The van der Waals surface area contributed by atoms with E-state index in [1.165, 1.54) is 11.8 Å². The van der Waals surface area contributed by atoms with Crippen LogP contribution in [0, 0.1) is 6.92 Å². The molecule has 9 heteroatoms. The van der Waals surface area contributed by atoms with Gasteiger partial charge in [-0.3, -0.25) is 9.20 Å². The van der Waals surface area contributed by atoms with Gasteiger partial charge in [0.15, 0.2) is 10.8 Å². The third-order valence-corrected chi connectivity index (χ3v) is 5.73. The zero-order valence-electron chi connectivity index (χ0n) is 17.6. The Morgan fingerprint density at radius 2 is 1.68 bits per heavy atom. The van der Waals surface area contributed by atoms with Crippen molar-refractivity contribution in [2.75, 3.05) is 32.4 Å². The van der Waals surface area contributed by atoms with E-state index in [-0.39, 0.29) is 11.7 Å². The predicted molar refractivity (Wildman–Crippen MR) is 121 cm³/mol. The molecule has 0 aliphatic carbocycles. The third kappa shape index (κ3) is 4.22. The smallest absolute Gasteiger partial charge is 0.234 e. The van der Waals surface area contributed by atoms with Gasteiger partial charge < -0.3 is 19.5 Å². The molecule has 2 aromatic heterocycles. The van der Waals surface area contributed by atoms with Crippen LogP contribution in [0.2, 0.25) is 0 Å². The lowest BCUT2D eigenvalue weighted by Gasteiger charge is -2.10. The van der Waals surface area contributed by atoms with Gasteiger partial charge in [0.05, 0.1) is 32.6 Å². The second kappa shape index (κ2) is 8.73. The first-order chi connectivity index (χ1) is 15.0. The van der Waals surface area contributed by atoms with Crippen molar-refractivity contribution in [1.29, 1.82) is 0 Å². The number of carbonyl (C=O) groups excluding carboxylic acids is 1. The number of thioether (sulfide) groups is 1. The molecule has 0 aliphatic heterocycles. The van der Waals surface area contributed by atoms with E-state index in [0.717, 1.165) is 27.9 Å². The summed E-state index contributed by atoms with van der Waals surface area (Å²) in [6, 6.07) is 13.1. The summed E-state index contributed by atoms with van der Waals surface area (Å²) in [7, 11) is 4.77. The fourth-order valence-electron chi connectivity index (χ4n) is 3.32. The molecule has 2 heterocycles. The molecule has 0 fully saturated rings. The summed E-state index contributed by atoms with van der Waals surface area (Å²) in [6.07, 6.45) is 0. The Hall–Kier alpha value is -3.46. The molecule has 8 nitrogen and oxygen atoms in total. The Morgan fingerprint density at radius 3 is 2.35 bits per heavy atom. The molecule has 0 radical (unpaired) electrons. The van der Waals surface area contributed by atoms with Crippen LogP contribution in [0.15, 0.2) is 47.6 Å². The molecule has 1 amide bonds. The van der Waals surface area contributed by atoms with Crippen LogP contribution in [-0.4, -0.2) is 47.6 Å². The summed E-state index contributed by atoms with van der Waals surface area (Å²) >= 11 is 1.32. The number of fused-ring (bicyclic) bond motifs is 3. The first-order valence-corrected chi connectivity index (χ1v) is 10.5. The molecular formula is C22H22N4O4S. The van der Waals surface area contributed by atoms with Gasteiger partial charge in [0.1, 0.15) is 17.2 Å². The molecule has 1 N–H and O–H groups in total. The number of carbonyl (C=O) groups is 1. The molecule has 0 spiro atoms. The Morgan fingerprint density at radius 1 is 0.968 bits per heavy atom. The number of hydrogen-bond acceptors (Lipinski definition) is 7. The minimum absolute atomic E-state index is 0.171. The molecule has 160 valence electrons. The standard InChI is InChI=1S/C22H22N4O4S/c1-13-7-14-8-16(28-2)5-6-19(14)26-21(13)24-25-22(26)31-12-20(27)23-15-9-17(29-3)11-18(10-15)30-4/h5-11H,12H2,1-4H3,(H,23,27). The first-order valence-electron chi connectivity index (χ1n) is 9.50. The van der Waals surface area contributed by atoms with Crippen LogP contribution in [0.1, 0.15) is 5.56 Å². The van der Waals surface area contributed by atoms with Crippen LogP contribution in [0.25, 0.3) is 16.6 Å². The highest BCUT2D eigenvalue weighted by atomic mass is 32.2. The van der Waals surface area contributed by atoms with Crippen molar-refractivity contribution in [3.63, 3.8) is 0 Å². The van der Waals surface area contributed by atoms with Gasteiger partial charge in [0.25, 0.3) is 0 Å². The van der Waals surface area contributed by atoms with E-state index >= 15 is 0 Å². The molecule has 0 saturated carbocycles. The highest BCUT2D eigenvalue weighted by Crippen LogP contribution is 2.29. The van der Waals surface area contributed by atoms with Crippen molar-refractivity contribution in [1.82, 2.24) is 14.6 Å². The Bertz CT molecular complexity index is 1250. The average molecular weight is 439 g/mol. The lowest BCUT2D eigenvalue weighted by molar-refractivity contribution is -0.113. The fraction of sp³-hybridized carbons (Fsp3) is 0.227. The Kier molecular flexibility index (Phi) is 5.85. The van der Waals surface area contributed by atoms with Crippen molar-refractivity contribution in [2.45, 2.75) is 12.1 Å². The van der Waals surface area contributed by atoms with Crippen molar-refractivity contribution in [3.8, 4) is 17.2 Å². The topological polar surface area (TPSA) is 87.0 Å². The van der Waals surface area contributed by atoms with Crippen LogP contribution in [0.4, 0.5) is 5.69 Å². The molecule has 4 rings (SSSR count). The van der Waals surface area contributed by atoms with Crippen LogP contribution in [0.3, 0.4) is 0 Å². The van der Waals surface area contributed by atoms with Gasteiger partial charge in [-0.25, -0.2) is 0 Å². The molecule has 4 aromatic rings. The highest BCUT2D eigenvalue weighted by molar-refractivity contribution is 7.99. The summed E-state index contributed by atoms with van der Waals surface area (Å²) in [5.74, 6) is 1.98. The van der Waals surface area contributed by atoms with E-state index in [0.29, 0.717) is 22.3 Å². The maximum Gasteiger partial charge on any atom is 0.234 e. The monoisotopic (exact) mass is 438 g/mol. The number of rotatable bonds is 7. The van der Waals surface area contributed by atoms with E-state index in [2.05, 4.69) is 21.6 Å². The maximum atomic E-state index is 12.6. The fourth-order valence-corrected chi connectivity index (χ4v) is 4.06. The molecule has 0 saturated heterocycles. The number of methoxy groups -OCH3 is 3. The van der Waals surface area contributed by atoms with Crippen LogP contribution in [-0.2, 0) is 4.79 Å². The normalized spacial score (nSPS) is 11.0. The number of aromatic nitrogens is 3. The summed E-state index contributed by atoms with van der Waals surface area (Å²) in [4.78, 5) is 12.6. The highest BCUT2D eigenvalue weighted by Gasteiger charge is 2.15. The Balaban J connectivity index is 1.57. The van der Waals surface area contributed by atoms with Gasteiger partial charge >= 0.3 is 0 Å². The number of nitrogens with zero attached hydrogens (tertiary/aromatic N) is 3. The van der Waals surface area contributed by atoms with Gasteiger partial charge in [-0.2, -0.15) is 0 Å². The number of hydrogen-bond donors (Lipinski definition) is 1. The maximum absolute atomic E-state index is 12.6. The van der Waals surface area contributed by atoms with Gasteiger partial charge in [-0.15, -0.1) is 10.2 Å².